The Balaban J connectivity index is 1.68. The summed E-state index contributed by atoms with van der Waals surface area (Å²) in [6.07, 6.45) is 1.46. The van der Waals surface area contributed by atoms with Crippen molar-refractivity contribution in [2.45, 2.75) is 20.5 Å². The monoisotopic (exact) mass is 618 g/mol. The summed E-state index contributed by atoms with van der Waals surface area (Å²) in [6.45, 7) is 4.62. The maximum Gasteiger partial charge on any atom is 0.270 e. The quantitative estimate of drug-likeness (QED) is 0.178. The summed E-state index contributed by atoms with van der Waals surface area (Å²) in [5.41, 5.74) is 2.84. The number of ether oxygens (including phenoxy) is 2. The van der Waals surface area contributed by atoms with Crippen LogP contribution in [0.1, 0.15) is 23.6 Å². The van der Waals surface area contributed by atoms with Crippen LogP contribution in [-0.2, 0) is 16.2 Å². The van der Waals surface area contributed by atoms with E-state index >= 15 is 0 Å². The second-order valence-corrected chi connectivity index (χ2v) is 10.1. The summed E-state index contributed by atoms with van der Waals surface area (Å²) >= 11 is 21.2. The highest BCUT2D eigenvalue weighted by Gasteiger charge is 2.36. The lowest BCUT2D eigenvalue weighted by molar-refractivity contribution is -0.122. The molecular formula is C27H21BrCl2N2O4S. The molecule has 10 heteroatoms. The number of nitrogens with zero attached hydrogens (tertiary/aromatic N) is 1. The first kappa shape index (κ1) is 27.1. The number of anilines is 1. The zero-order valence-electron chi connectivity index (χ0n) is 19.8. The molecule has 0 aromatic heterocycles. The molecule has 0 radical (unpaired) electrons. The van der Waals surface area contributed by atoms with Gasteiger partial charge in [0.05, 0.1) is 22.3 Å². The first-order valence-corrected chi connectivity index (χ1v) is 13.2. The van der Waals surface area contributed by atoms with Gasteiger partial charge in [-0.2, -0.15) is 0 Å². The van der Waals surface area contributed by atoms with Crippen LogP contribution in [0.5, 0.6) is 11.5 Å². The van der Waals surface area contributed by atoms with E-state index in [1.165, 1.54) is 6.08 Å². The summed E-state index contributed by atoms with van der Waals surface area (Å²) in [6, 6.07) is 16.3. The van der Waals surface area contributed by atoms with Gasteiger partial charge in [0.15, 0.2) is 16.6 Å². The van der Waals surface area contributed by atoms with Crippen LogP contribution in [0.25, 0.3) is 6.08 Å². The van der Waals surface area contributed by atoms with Crippen LogP contribution in [0.2, 0.25) is 10.0 Å². The molecule has 4 rings (SSSR count). The number of halogens is 3. The lowest BCUT2D eigenvalue weighted by Crippen LogP contribution is -2.54. The smallest absolute Gasteiger partial charge is 0.270 e. The van der Waals surface area contributed by atoms with Crippen LogP contribution in [0, 0.1) is 6.92 Å². The fraction of sp³-hybridized carbons (Fsp3) is 0.148. The number of thiocarbonyl (C=S) groups is 1. The number of carbonyl (C=O) groups excluding carboxylic acids is 2. The molecule has 0 saturated carbocycles. The molecule has 0 atom stereocenters. The van der Waals surface area contributed by atoms with E-state index in [0.29, 0.717) is 34.7 Å². The standard InChI is InChI=1S/C27H21BrCl2N2O4S/c1-3-35-22-12-17(19(28)13-23(22)36-14-16-9-7-15(2)8-10-16)11-18-25(33)31-27(37)32(26(18)34)21-6-4-5-20(29)24(21)30/h4-13H,3,14H2,1-2H3,(H,31,33,37)/b18-11+. The Hall–Kier alpha value is -2.91. The minimum absolute atomic E-state index is 0.0924. The van der Waals surface area contributed by atoms with Crippen LogP contribution < -0.4 is 19.7 Å². The molecule has 1 aliphatic rings. The molecule has 37 heavy (non-hydrogen) atoms. The highest BCUT2D eigenvalue weighted by atomic mass is 79.9. The molecular weight excluding hydrogens is 599 g/mol. The highest BCUT2D eigenvalue weighted by molar-refractivity contribution is 9.10. The maximum absolute atomic E-state index is 13.4. The van der Waals surface area contributed by atoms with E-state index in [1.807, 2.05) is 38.1 Å². The van der Waals surface area contributed by atoms with Crippen molar-refractivity contribution in [1.29, 1.82) is 0 Å². The molecule has 190 valence electrons. The molecule has 0 unspecified atom stereocenters. The Labute approximate surface area is 238 Å². The van der Waals surface area contributed by atoms with Crippen LogP contribution in [0.3, 0.4) is 0 Å². The van der Waals surface area contributed by atoms with E-state index in [-0.39, 0.29) is 26.4 Å². The third-order valence-corrected chi connectivity index (χ3v) is 7.23. The van der Waals surface area contributed by atoms with Crippen molar-refractivity contribution in [2.75, 3.05) is 11.5 Å². The molecule has 0 bridgehead atoms. The van der Waals surface area contributed by atoms with Crippen LogP contribution in [-0.4, -0.2) is 23.5 Å². The van der Waals surface area contributed by atoms with E-state index in [0.717, 1.165) is 16.0 Å². The summed E-state index contributed by atoms with van der Waals surface area (Å²) < 4.78 is 12.4. The summed E-state index contributed by atoms with van der Waals surface area (Å²) in [5, 5.41) is 2.85. The van der Waals surface area contributed by atoms with Gasteiger partial charge in [-0.15, -0.1) is 0 Å². The average Bonchev–Trinajstić information content (AvgIpc) is 2.86. The van der Waals surface area contributed by atoms with Crippen molar-refractivity contribution in [1.82, 2.24) is 5.32 Å². The van der Waals surface area contributed by atoms with Gasteiger partial charge >= 0.3 is 0 Å². The van der Waals surface area contributed by atoms with Gasteiger partial charge in [0, 0.05) is 4.47 Å². The Morgan fingerprint density at radius 1 is 1.05 bits per heavy atom. The van der Waals surface area contributed by atoms with Crippen molar-refractivity contribution < 1.29 is 19.1 Å². The number of aryl methyl sites for hydroxylation is 1. The molecule has 1 N–H and O–H groups in total. The first-order valence-electron chi connectivity index (χ1n) is 11.2. The number of rotatable bonds is 7. The van der Waals surface area contributed by atoms with E-state index in [9.17, 15) is 9.59 Å². The maximum atomic E-state index is 13.4. The van der Waals surface area contributed by atoms with Crippen molar-refractivity contribution in [3.05, 3.63) is 91.4 Å². The van der Waals surface area contributed by atoms with Crippen molar-refractivity contribution >= 4 is 80.0 Å². The molecule has 1 fully saturated rings. The van der Waals surface area contributed by atoms with Gasteiger partial charge in [-0.3, -0.25) is 19.8 Å². The molecule has 1 heterocycles. The zero-order chi connectivity index (χ0) is 26.7. The van der Waals surface area contributed by atoms with Crippen LogP contribution >= 0.6 is 51.3 Å². The molecule has 1 aliphatic heterocycles. The lowest BCUT2D eigenvalue weighted by Gasteiger charge is -2.29. The van der Waals surface area contributed by atoms with E-state index in [4.69, 9.17) is 44.9 Å². The molecule has 3 aromatic carbocycles. The number of nitrogens with one attached hydrogen (secondary N) is 1. The second-order valence-electron chi connectivity index (χ2n) is 8.06. The second kappa shape index (κ2) is 11.6. The Kier molecular flexibility index (Phi) is 8.54. The van der Waals surface area contributed by atoms with Gasteiger partial charge in [-0.1, -0.05) is 75.0 Å². The fourth-order valence-corrected chi connectivity index (χ4v) is 4.68. The van der Waals surface area contributed by atoms with Gasteiger partial charge in [0.2, 0.25) is 0 Å². The molecule has 0 spiro atoms. The van der Waals surface area contributed by atoms with Crippen molar-refractivity contribution in [3.8, 4) is 11.5 Å². The van der Waals surface area contributed by atoms with Crippen LogP contribution in [0.15, 0.2) is 64.6 Å². The van der Waals surface area contributed by atoms with Crippen molar-refractivity contribution in [2.24, 2.45) is 0 Å². The Morgan fingerprint density at radius 2 is 1.76 bits per heavy atom. The predicted octanol–water partition coefficient (Wildman–Crippen LogP) is 6.87. The first-order chi connectivity index (χ1) is 17.7. The van der Waals surface area contributed by atoms with E-state index in [2.05, 4.69) is 21.2 Å². The van der Waals surface area contributed by atoms with Crippen LogP contribution in [0.4, 0.5) is 5.69 Å². The summed E-state index contributed by atoms with van der Waals surface area (Å²) in [4.78, 5) is 27.3. The number of hydrogen-bond acceptors (Lipinski definition) is 5. The summed E-state index contributed by atoms with van der Waals surface area (Å²) in [5.74, 6) is -0.278. The molecule has 1 saturated heterocycles. The molecule has 6 nitrogen and oxygen atoms in total. The number of amides is 2. The minimum atomic E-state index is -0.637. The zero-order valence-corrected chi connectivity index (χ0v) is 23.7. The summed E-state index contributed by atoms with van der Waals surface area (Å²) in [7, 11) is 0. The van der Waals surface area contributed by atoms with Gasteiger partial charge < -0.3 is 9.47 Å². The van der Waals surface area contributed by atoms with Gasteiger partial charge in [0.1, 0.15) is 12.2 Å². The third-order valence-electron chi connectivity index (χ3n) is 5.45. The molecule has 2 amide bonds. The molecule has 0 aliphatic carbocycles. The lowest BCUT2D eigenvalue weighted by atomic mass is 10.1. The molecule has 3 aromatic rings. The largest absolute Gasteiger partial charge is 0.490 e. The van der Waals surface area contributed by atoms with Gasteiger partial charge in [-0.05, 0) is 67.5 Å². The number of benzene rings is 3. The SMILES string of the molecule is CCOc1cc(/C=C2\C(=O)NC(=S)N(c3cccc(Cl)c3Cl)C2=O)c(Br)cc1OCc1ccc(C)cc1. The Bertz CT molecular complexity index is 1430. The minimum Gasteiger partial charge on any atom is -0.490 e. The van der Waals surface area contributed by atoms with Crippen molar-refractivity contribution in [3.63, 3.8) is 0 Å². The predicted molar refractivity (Wildman–Crippen MR) is 153 cm³/mol. The normalized spacial score (nSPS) is 14.7. The number of hydrogen-bond donors (Lipinski definition) is 1. The van der Waals surface area contributed by atoms with Gasteiger partial charge in [0.25, 0.3) is 11.8 Å². The average molecular weight is 620 g/mol. The Morgan fingerprint density at radius 3 is 2.46 bits per heavy atom. The van der Waals surface area contributed by atoms with E-state index < -0.39 is 11.8 Å². The highest BCUT2D eigenvalue weighted by Crippen LogP contribution is 2.37. The number of carbonyl (C=O) groups is 2. The third kappa shape index (κ3) is 5.99. The van der Waals surface area contributed by atoms with Gasteiger partial charge in [-0.25, -0.2) is 0 Å². The fourth-order valence-electron chi connectivity index (χ4n) is 3.58. The topological polar surface area (TPSA) is 67.9 Å². The van der Waals surface area contributed by atoms with E-state index in [1.54, 1.807) is 30.3 Å².